The van der Waals surface area contributed by atoms with Crippen LogP contribution in [0.1, 0.15) is 52.4 Å². The van der Waals surface area contributed by atoms with Crippen LogP contribution < -0.4 is 5.73 Å². The van der Waals surface area contributed by atoms with Crippen molar-refractivity contribution in [3.63, 3.8) is 0 Å². The van der Waals surface area contributed by atoms with Crippen LogP contribution in [0.15, 0.2) is 0 Å². The fraction of sp³-hybridized carbons (Fsp3) is 1.00. The highest BCUT2D eigenvalue weighted by atomic mass is 15.2. The third kappa shape index (κ3) is 2.78. The van der Waals surface area contributed by atoms with Crippen molar-refractivity contribution >= 4 is 0 Å². The van der Waals surface area contributed by atoms with Gasteiger partial charge in [-0.2, -0.15) is 0 Å². The molecule has 0 spiro atoms. The second kappa shape index (κ2) is 5.50. The van der Waals surface area contributed by atoms with Crippen molar-refractivity contribution < 1.29 is 0 Å². The Morgan fingerprint density at radius 2 is 1.75 bits per heavy atom. The number of hydrogen-bond donors (Lipinski definition) is 1. The van der Waals surface area contributed by atoms with Crippen molar-refractivity contribution in [2.24, 2.45) is 17.6 Å². The summed E-state index contributed by atoms with van der Waals surface area (Å²) in [5.74, 6) is 1.63. The van der Waals surface area contributed by atoms with E-state index in [0.29, 0.717) is 18.0 Å². The van der Waals surface area contributed by atoms with Crippen LogP contribution in [0.25, 0.3) is 0 Å². The summed E-state index contributed by atoms with van der Waals surface area (Å²) in [5, 5.41) is 0. The van der Waals surface area contributed by atoms with Crippen LogP contribution in [0, 0.1) is 11.8 Å². The standard InChI is InChI=1S/C14H28N2/c1-11-12(2)16(9-8-14(11)15)10-13-6-4-3-5-7-13/h11-14H,3-10,15H2,1-2H3. The van der Waals surface area contributed by atoms with Gasteiger partial charge in [-0.15, -0.1) is 0 Å². The SMILES string of the molecule is CC1C(N)CCN(CC2CCCCC2)C1C. The molecule has 0 aromatic heterocycles. The van der Waals surface area contributed by atoms with Gasteiger partial charge in [0.25, 0.3) is 0 Å². The minimum Gasteiger partial charge on any atom is -0.327 e. The van der Waals surface area contributed by atoms with E-state index < -0.39 is 0 Å². The molecule has 0 aromatic carbocycles. The normalized spacial score (nSPS) is 38.8. The highest BCUT2D eigenvalue weighted by molar-refractivity contribution is 4.87. The zero-order valence-electron chi connectivity index (χ0n) is 11.0. The molecule has 3 atom stereocenters. The van der Waals surface area contributed by atoms with E-state index in [9.17, 15) is 0 Å². The van der Waals surface area contributed by atoms with Crippen LogP contribution in [0.2, 0.25) is 0 Å². The van der Waals surface area contributed by atoms with E-state index in [0.717, 1.165) is 5.92 Å². The lowest BCUT2D eigenvalue weighted by molar-refractivity contribution is 0.0742. The van der Waals surface area contributed by atoms with Crippen LogP contribution in [-0.2, 0) is 0 Å². The van der Waals surface area contributed by atoms with Crippen LogP contribution in [0.4, 0.5) is 0 Å². The summed E-state index contributed by atoms with van der Waals surface area (Å²) in [5.41, 5.74) is 6.14. The minimum absolute atomic E-state index is 0.428. The molecule has 2 N–H and O–H groups in total. The molecule has 0 bridgehead atoms. The number of nitrogens with zero attached hydrogens (tertiary/aromatic N) is 1. The van der Waals surface area contributed by atoms with Crippen LogP contribution in [0.3, 0.4) is 0 Å². The van der Waals surface area contributed by atoms with Gasteiger partial charge in [-0.3, -0.25) is 0 Å². The lowest BCUT2D eigenvalue weighted by Crippen LogP contribution is -2.52. The summed E-state index contributed by atoms with van der Waals surface area (Å²) in [7, 11) is 0. The number of rotatable bonds is 2. The third-order valence-electron chi connectivity index (χ3n) is 4.98. The van der Waals surface area contributed by atoms with Crippen molar-refractivity contribution in [3.05, 3.63) is 0 Å². The number of nitrogens with two attached hydrogens (primary N) is 1. The maximum Gasteiger partial charge on any atom is 0.0107 e. The third-order valence-corrected chi connectivity index (χ3v) is 4.98. The highest BCUT2D eigenvalue weighted by Crippen LogP contribution is 2.28. The molecule has 1 saturated carbocycles. The van der Waals surface area contributed by atoms with Gasteiger partial charge in [0.05, 0.1) is 0 Å². The molecule has 2 rings (SSSR count). The predicted octanol–water partition coefficient (Wildman–Crippen LogP) is 2.62. The second-order valence-electron chi connectivity index (χ2n) is 6.05. The molecule has 0 aromatic rings. The second-order valence-corrected chi connectivity index (χ2v) is 6.05. The Kier molecular flexibility index (Phi) is 4.26. The molecule has 16 heavy (non-hydrogen) atoms. The van der Waals surface area contributed by atoms with Gasteiger partial charge in [0.15, 0.2) is 0 Å². The summed E-state index contributed by atoms with van der Waals surface area (Å²) in [6.07, 6.45) is 8.50. The van der Waals surface area contributed by atoms with Gasteiger partial charge in [0.1, 0.15) is 0 Å². The fourth-order valence-electron chi connectivity index (χ4n) is 3.43. The number of likely N-dealkylation sites (tertiary alicyclic amines) is 1. The Balaban J connectivity index is 1.84. The molecule has 1 heterocycles. The summed E-state index contributed by atoms with van der Waals surface area (Å²) in [4.78, 5) is 2.70. The molecule has 2 aliphatic rings. The molecule has 1 saturated heterocycles. The Labute approximate surface area is 101 Å². The Morgan fingerprint density at radius 1 is 1.06 bits per heavy atom. The minimum atomic E-state index is 0.428. The van der Waals surface area contributed by atoms with Gasteiger partial charge >= 0.3 is 0 Å². The van der Waals surface area contributed by atoms with E-state index in [-0.39, 0.29) is 0 Å². The zero-order valence-corrected chi connectivity index (χ0v) is 11.0. The highest BCUT2D eigenvalue weighted by Gasteiger charge is 2.31. The first-order valence-electron chi connectivity index (χ1n) is 7.18. The molecule has 2 nitrogen and oxygen atoms in total. The first-order chi connectivity index (χ1) is 7.68. The van der Waals surface area contributed by atoms with Gasteiger partial charge in [0, 0.05) is 18.6 Å². The Hall–Kier alpha value is -0.0800. The fourth-order valence-corrected chi connectivity index (χ4v) is 3.43. The van der Waals surface area contributed by atoms with Crippen molar-refractivity contribution in [3.8, 4) is 0 Å². The van der Waals surface area contributed by atoms with Gasteiger partial charge in [-0.25, -0.2) is 0 Å². The van der Waals surface area contributed by atoms with Crippen molar-refractivity contribution in [2.45, 2.75) is 64.5 Å². The van der Waals surface area contributed by atoms with Crippen molar-refractivity contribution in [1.82, 2.24) is 4.90 Å². The average molecular weight is 224 g/mol. The lowest BCUT2D eigenvalue weighted by atomic mass is 9.84. The average Bonchev–Trinajstić information content (AvgIpc) is 2.31. The molecule has 0 amide bonds. The maximum absolute atomic E-state index is 6.14. The maximum atomic E-state index is 6.14. The predicted molar refractivity (Wildman–Crippen MR) is 69.4 cm³/mol. The van der Waals surface area contributed by atoms with Crippen LogP contribution in [0.5, 0.6) is 0 Å². The van der Waals surface area contributed by atoms with Crippen LogP contribution in [-0.4, -0.2) is 30.1 Å². The molecule has 2 heteroatoms. The first kappa shape index (κ1) is 12.4. The molecular weight excluding hydrogens is 196 g/mol. The van der Waals surface area contributed by atoms with E-state index in [1.54, 1.807) is 0 Å². The first-order valence-corrected chi connectivity index (χ1v) is 7.18. The van der Waals surface area contributed by atoms with Gasteiger partial charge in [-0.05, 0) is 44.6 Å². The molecule has 1 aliphatic carbocycles. The topological polar surface area (TPSA) is 29.3 Å². The molecular formula is C14H28N2. The Morgan fingerprint density at radius 3 is 2.44 bits per heavy atom. The largest absolute Gasteiger partial charge is 0.327 e. The van der Waals surface area contributed by atoms with Crippen LogP contribution >= 0.6 is 0 Å². The molecule has 94 valence electrons. The quantitative estimate of drug-likeness (QED) is 0.781. The van der Waals surface area contributed by atoms with E-state index >= 15 is 0 Å². The van der Waals surface area contributed by atoms with E-state index in [1.807, 2.05) is 0 Å². The molecule has 0 radical (unpaired) electrons. The number of hydrogen-bond acceptors (Lipinski definition) is 2. The molecule has 3 unspecified atom stereocenters. The van der Waals surface area contributed by atoms with Crippen molar-refractivity contribution in [2.75, 3.05) is 13.1 Å². The van der Waals surface area contributed by atoms with Crippen molar-refractivity contribution in [1.29, 1.82) is 0 Å². The summed E-state index contributed by atoms with van der Waals surface area (Å²) >= 11 is 0. The lowest BCUT2D eigenvalue weighted by Gasteiger charge is -2.43. The smallest absolute Gasteiger partial charge is 0.0107 e. The van der Waals surface area contributed by atoms with E-state index in [4.69, 9.17) is 5.73 Å². The van der Waals surface area contributed by atoms with Gasteiger partial charge in [-0.1, -0.05) is 26.2 Å². The molecule has 1 aliphatic heterocycles. The number of piperidine rings is 1. The van der Waals surface area contributed by atoms with Gasteiger partial charge in [0.2, 0.25) is 0 Å². The summed E-state index contributed by atoms with van der Waals surface area (Å²) in [6.45, 7) is 7.25. The summed E-state index contributed by atoms with van der Waals surface area (Å²) in [6, 6.07) is 1.11. The van der Waals surface area contributed by atoms with E-state index in [2.05, 4.69) is 18.7 Å². The Bertz CT molecular complexity index is 211. The molecule has 2 fully saturated rings. The van der Waals surface area contributed by atoms with Gasteiger partial charge < -0.3 is 10.6 Å². The van der Waals surface area contributed by atoms with E-state index in [1.165, 1.54) is 51.6 Å². The zero-order chi connectivity index (χ0) is 11.5. The monoisotopic (exact) mass is 224 g/mol. The summed E-state index contributed by atoms with van der Waals surface area (Å²) < 4.78 is 0.